The van der Waals surface area contributed by atoms with Crippen LogP contribution in [-0.2, 0) is 0 Å². The van der Waals surface area contributed by atoms with Gasteiger partial charge in [-0.3, -0.25) is 4.79 Å². The molecule has 0 saturated heterocycles. The van der Waals surface area contributed by atoms with Crippen molar-refractivity contribution in [2.45, 2.75) is 6.92 Å². The Morgan fingerprint density at radius 3 is 2.84 bits per heavy atom. The molecule has 0 aliphatic heterocycles. The SMILES string of the molecule is Cc1csc(C(=O)Nc2ccc(Br)cc2C#N)c1Cl. The second-order valence-corrected chi connectivity index (χ2v) is 5.99. The minimum absolute atomic E-state index is 0.304. The summed E-state index contributed by atoms with van der Waals surface area (Å²) in [6.45, 7) is 1.84. The number of thiophene rings is 1. The number of hydrogen-bond donors (Lipinski definition) is 1. The Morgan fingerprint density at radius 1 is 1.53 bits per heavy atom. The van der Waals surface area contributed by atoms with E-state index in [0.29, 0.717) is 21.2 Å². The molecule has 2 rings (SSSR count). The van der Waals surface area contributed by atoms with Crippen LogP contribution in [0.2, 0.25) is 5.02 Å². The van der Waals surface area contributed by atoms with Gasteiger partial charge in [-0.1, -0.05) is 27.5 Å². The summed E-state index contributed by atoms with van der Waals surface area (Å²) in [6, 6.07) is 7.13. The Morgan fingerprint density at radius 2 is 2.26 bits per heavy atom. The predicted octanol–water partition coefficient (Wildman–Crippen LogP) is 4.60. The zero-order valence-electron chi connectivity index (χ0n) is 9.83. The summed E-state index contributed by atoms with van der Waals surface area (Å²) in [5.74, 6) is -0.304. The summed E-state index contributed by atoms with van der Waals surface area (Å²) in [7, 11) is 0. The normalized spacial score (nSPS) is 10.0. The first-order valence-electron chi connectivity index (χ1n) is 5.27. The Bertz CT molecular complexity index is 690. The highest BCUT2D eigenvalue weighted by molar-refractivity contribution is 9.10. The third-order valence-corrected chi connectivity index (χ3v) is 4.64. The number of nitrogens with zero attached hydrogens (tertiary/aromatic N) is 1. The molecule has 0 spiro atoms. The fraction of sp³-hybridized carbons (Fsp3) is 0.0769. The second-order valence-electron chi connectivity index (χ2n) is 3.82. The van der Waals surface area contributed by atoms with Crippen LogP contribution in [0.4, 0.5) is 5.69 Å². The van der Waals surface area contributed by atoms with E-state index in [1.165, 1.54) is 11.3 Å². The van der Waals surface area contributed by atoms with Crippen LogP contribution in [0.5, 0.6) is 0 Å². The molecule has 0 saturated carbocycles. The Balaban J connectivity index is 2.30. The van der Waals surface area contributed by atoms with Gasteiger partial charge in [-0.15, -0.1) is 11.3 Å². The molecule has 1 amide bonds. The summed E-state index contributed by atoms with van der Waals surface area (Å²) in [6.07, 6.45) is 0. The van der Waals surface area contributed by atoms with Crippen molar-refractivity contribution in [3.8, 4) is 6.07 Å². The van der Waals surface area contributed by atoms with E-state index in [9.17, 15) is 4.79 Å². The van der Waals surface area contributed by atoms with Crippen molar-refractivity contribution in [2.75, 3.05) is 5.32 Å². The van der Waals surface area contributed by atoms with Crippen molar-refractivity contribution in [1.29, 1.82) is 5.26 Å². The topological polar surface area (TPSA) is 52.9 Å². The minimum atomic E-state index is -0.304. The third-order valence-electron chi connectivity index (χ3n) is 2.46. The van der Waals surface area contributed by atoms with Gasteiger partial charge in [-0.2, -0.15) is 5.26 Å². The summed E-state index contributed by atoms with van der Waals surface area (Å²) < 4.78 is 0.784. The number of aryl methyl sites for hydroxylation is 1. The van der Waals surface area contributed by atoms with Crippen LogP contribution in [0.15, 0.2) is 28.1 Å². The van der Waals surface area contributed by atoms with E-state index < -0.39 is 0 Å². The van der Waals surface area contributed by atoms with Gasteiger partial charge in [0.2, 0.25) is 0 Å². The molecule has 0 aliphatic rings. The van der Waals surface area contributed by atoms with Crippen LogP contribution < -0.4 is 5.32 Å². The number of carbonyl (C=O) groups excluding carboxylic acids is 1. The maximum Gasteiger partial charge on any atom is 0.267 e. The number of anilines is 1. The molecule has 2 aromatic rings. The van der Waals surface area contributed by atoms with E-state index >= 15 is 0 Å². The molecule has 3 nitrogen and oxygen atoms in total. The number of nitrogens with one attached hydrogen (secondary N) is 1. The van der Waals surface area contributed by atoms with Gasteiger partial charge in [-0.05, 0) is 36.1 Å². The molecule has 0 fully saturated rings. The van der Waals surface area contributed by atoms with Crippen LogP contribution in [-0.4, -0.2) is 5.91 Å². The molecule has 19 heavy (non-hydrogen) atoms. The maximum absolute atomic E-state index is 12.1. The smallest absolute Gasteiger partial charge is 0.267 e. The number of amides is 1. The fourth-order valence-electron chi connectivity index (χ4n) is 1.48. The third kappa shape index (κ3) is 2.98. The summed E-state index contributed by atoms with van der Waals surface area (Å²) in [4.78, 5) is 12.5. The number of carbonyl (C=O) groups is 1. The molecule has 6 heteroatoms. The van der Waals surface area contributed by atoms with Crippen LogP contribution in [0.25, 0.3) is 0 Å². The molecule has 1 aromatic heterocycles. The van der Waals surface area contributed by atoms with Crippen LogP contribution in [0.1, 0.15) is 20.8 Å². The van der Waals surface area contributed by atoms with Crippen molar-refractivity contribution in [2.24, 2.45) is 0 Å². The first kappa shape index (κ1) is 14.1. The van der Waals surface area contributed by atoms with Crippen LogP contribution >= 0.6 is 38.9 Å². The number of nitriles is 1. The Kier molecular flexibility index (Phi) is 4.25. The number of rotatable bonds is 2. The van der Waals surface area contributed by atoms with Gasteiger partial charge in [0.1, 0.15) is 10.9 Å². The predicted molar refractivity (Wildman–Crippen MR) is 80.9 cm³/mol. The highest BCUT2D eigenvalue weighted by atomic mass is 79.9. The molecule has 0 aliphatic carbocycles. The molecular weight excluding hydrogens is 348 g/mol. The molecule has 0 bridgehead atoms. The van der Waals surface area contributed by atoms with Crippen LogP contribution in [0.3, 0.4) is 0 Å². The van der Waals surface area contributed by atoms with E-state index in [2.05, 4.69) is 21.2 Å². The van der Waals surface area contributed by atoms with E-state index in [1.54, 1.807) is 18.2 Å². The van der Waals surface area contributed by atoms with Gasteiger partial charge in [0.25, 0.3) is 5.91 Å². The molecule has 0 unspecified atom stereocenters. The largest absolute Gasteiger partial charge is 0.320 e. The van der Waals surface area contributed by atoms with Gasteiger partial charge in [0, 0.05) is 4.47 Å². The number of hydrogen-bond acceptors (Lipinski definition) is 3. The zero-order valence-corrected chi connectivity index (χ0v) is 13.0. The zero-order chi connectivity index (χ0) is 14.0. The highest BCUT2D eigenvalue weighted by Crippen LogP contribution is 2.28. The maximum atomic E-state index is 12.1. The molecular formula is C13H8BrClN2OS. The van der Waals surface area contributed by atoms with Gasteiger partial charge in [0.05, 0.1) is 16.3 Å². The van der Waals surface area contributed by atoms with E-state index in [-0.39, 0.29) is 5.91 Å². The molecule has 1 aromatic carbocycles. The minimum Gasteiger partial charge on any atom is -0.320 e. The van der Waals surface area contributed by atoms with Crippen LogP contribution in [0, 0.1) is 18.3 Å². The van der Waals surface area contributed by atoms with E-state index in [1.807, 2.05) is 18.4 Å². The van der Waals surface area contributed by atoms with Crippen molar-refractivity contribution < 1.29 is 4.79 Å². The first-order chi connectivity index (χ1) is 9.02. The number of benzene rings is 1. The lowest BCUT2D eigenvalue weighted by Crippen LogP contribution is -2.11. The molecule has 1 N–H and O–H groups in total. The van der Waals surface area contributed by atoms with Crippen molar-refractivity contribution >= 4 is 50.5 Å². The monoisotopic (exact) mass is 354 g/mol. The fourth-order valence-corrected chi connectivity index (χ4v) is 3.01. The first-order valence-corrected chi connectivity index (χ1v) is 7.32. The van der Waals surface area contributed by atoms with Gasteiger partial charge < -0.3 is 5.32 Å². The lowest BCUT2D eigenvalue weighted by molar-refractivity contribution is 0.103. The van der Waals surface area contributed by atoms with Gasteiger partial charge >= 0.3 is 0 Å². The standard InChI is InChI=1S/C13H8BrClN2OS/c1-7-6-19-12(11(7)15)13(18)17-10-3-2-9(14)4-8(10)5-16/h2-4,6H,1H3,(H,17,18). The average molecular weight is 356 g/mol. The molecule has 96 valence electrons. The molecule has 1 heterocycles. The Labute approximate surface area is 127 Å². The van der Waals surface area contributed by atoms with E-state index in [4.69, 9.17) is 16.9 Å². The Hall–Kier alpha value is -1.35. The van der Waals surface area contributed by atoms with Gasteiger partial charge in [-0.25, -0.2) is 0 Å². The van der Waals surface area contributed by atoms with Crippen molar-refractivity contribution in [1.82, 2.24) is 0 Å². The molecule has 0 radical (unpaired) electrons. The summed E-state index contributed by atoms with van der Waals surface area (Å²) in [5.41, 5.74) is 1.73. The van der Waals surface area contributed by atoms with Gasteiger partial charge in [0.15, 0.2) is 0 Å². The van der Waals surface area contributed by atoms with E-state index in [0.717, 1.165) is 10.0 Å². The summed E-state index contributed by atoms with van der Waals surface area (Å²) >= 11 is 10.6. The summed E-state index contributed by atoms with van der Waals surface area (Å²) in [5, 5.41) is 14.0. The highest BCUT2D eigenvalue weighted by Gasteiger charge is 2.16. The second kappa shape index (κ2) is 5.74. The average Bonchev–Trinajstić information content (AvgIpc) is 2.72. The lowest BCUT2D eigenvalue weighted by atomic mass is 10.2. The molecule has 0 atom stereocenters. The number of halogens is 2. The van der Waals surface area contributed by atoms with Crippen molar-refractivity contribution in [3.63, 3.8) is 0 Å². The van der Waals surface area contributed by atoms with Crippen molar-refractivity contribution in [3.05, 3.63) is 49.1 Å². The quantitative estimate of drug-likeness (QED) is 0.856. The lowest BCUT2D eigenvalue weighted by Gasteiger charge is -2.06.